The van der Waals surface area contributed by atoms with Crippen LogP contribution in [0.4, 0.5) is 18.9 Å². The van der Waals surface area contributed by atoms with Gasteiger partial charge in [-0.25, -0.2) is 13.2 Å². The number of fused-ring (bicyclic) bond motifs is 1. The van der Waals surface area contributed by atoms with Crippen molar-refractivity contribution in [1.29, 1.82) is 5.26 Å². The summed E-state index contributed by atoms with van der Waals surface area (Å²) in [5.74, 6) is -5.65. The van der Waals surface area contributed by atoms with Crippen LogP contribution in [0.25, 0.3) is 10.9 Å². The molecule has 0 spiro atoms. The first-order valence-electron chi connectivity index (χ1n) is 13.7. The van der Waals surface area contributed by atoms with Gasteiger partial charge in [-0.05, 0) is 37.0 Å². The molecule has 3 unspecified atom stereocenters. The van der Waals surface area contributed by atoms with Crippen LogP contribution in [0.15, 0.2) is 42.5 Å². The summed E-state index contributed by atoms with van der Waals surface area (Å²) in [4.78, 5) is 45.6. The Balaban J connectivity index is 1.39. The molecule has 3 amide bonds. The van der Waals surface area contributed by atoms with Gasteiger partial charge in [0, 0.05) is 30.7 Å². The minimum Gasteiger partial charge on any atom is -0.348 e. The highest BCUT2D eigenvalue weighted by molar-refractivity contribution is 6.00. The molecule has 11 heteroatoms. The Morgan fingerprint density at radius 1 is 1.12 bits per heavy atom. The number of carbonyl (C=O) groups excluding carboxylic acids is 3. The predicted molar refractivity (Wildman–Crippen MR) is 145 cm³/mol. The Bertz CT molecular complexity index is 1510. The lowest BCUT2D eigenvalue weighted by Gasteiger charge is -2.33. The fourth-order valence-corrected chi connectivity index (χ4v) is 5.97. The number of para-hydroxylation sites is 1. The number of rotatable bonds is 7. The molecule has 3 aromatic rings. The van der Waals surface area contributed by atoms with E-state index in [0.717, 1.165) is 31.7 Å². The third kappa shape index (κ3) is 5.64. The van der Waals surface area contributed by atoms with Gasteiger partial charge < -0.3 is 20.1 Å². The average Bonchev–Trinajstić information content (AvgIpc) is 3.74. The van der Waals surface area contributed by atoms with Gasteiger partial charge in [0.05, 0.1) is 17.5 Å². The summed E-state index contributed by atoms with van der Waals surface area (Å²) in [5.41, 5.74) is -0.0749. The lowest BCUT2D eigenvalue weighted by molar-refractivity contribution is -0.136. The summed E-state index contributed by atoms with van der Waals surface area (Å²) >= 11 is 0. The molecule has 3 atom stereocenters. The number of halogens is 3. The highest BCUT2D eigenvalue weighted by Crippen LogP contribution is 2.33. The van der Waals surface area contributed by atoms with E-state index >= 15 is 0 Å². The number of likely N-dealkylation sites (N-methyl/N-ethyl adjacent to an activating group) is 1. The van der Waals surface area contributed by atoms with E-state index in [0.29, 0.717) is 18.2 Å². The molecule has 0 radical (unpaired) electrons. The van der Waals surface area contributed by atoms with Crippen LogP contribution < -0.4 is 5.32 Å². The Kier molecular flexibility index (Phi) is 8.01. The number of nitrogens with zero attached hydrogens (tertiary/aromatic N) is 3. The van der Waals surface area contributed by atoms with Gasteiger partial charge in [0.1, 0.15) is 23.6 Å². The number of nitriles is 1. The van der Waals surface area contributed by atoms with Crippen molar-refractivity contribution in [3.63, 3.8) is 0 Å². The fourth-order valence-electron chi connectivity index (χ4n) is 5.97. The number of hydrogen-bond donors (Lipinski definition) is 2. The molecule has 8 nitrogen and oxygen atoms in total. The number of amides is 3. The lowest BCUT2D eigenvalue weighted by Crippen LogP contribution is -2.51. The van der Waals surface area contributed by atoms with Crippen molar-refractivity contribution < 1.29 is 27.6 Å². The van der Waals surface area contributed by atoms with Crippen molar-refractivity contribution in [3.8, 4) is 6.07 Å². The van der Waals surface area contributed by atoms with Crippen molar-refractivity contribution in [3.05, 3.63) is 65.6 Å². The number of aromatic amines is 1. The van der Waals surface area contributed by atoms with E-state index in [9.17, 15) is 32.8 Å². The molecular weight excluding hydrogens is 535 g/mol. The number of carbonyl (C=O) groups is 3. The number of hydrogen-bond acceptors (Lipinski definition) is 4. The molecule has 2 N–H and O–H groups in total. The average molecular weight is 566 g/mol. The molecule has 0 bridgehead atoms. The first-order chi connectivity index (χ1) is 19.7. The molecule has 1 aliphatic carbocycles. The van der Waals surface area contributed by atoms with Crippen LogP contribution in [0.3, 0.4) is 0 Å². The Morgan fingerprint density at radius 2 is 1.83 bits per heavy atom. The molecular formula is C30H30F3N5O3. The zero-order valence-electron chi connectivity index (χ0n) is 22.5. The van der Waals surface area contributed by atoms with E-state index in [-0.39, 0.29) is 35.9 Å². The maximum atomic E-state index is 14.3. The van der Waals surface area contributed by atoms with Gasteiger partial charge in [0.2, 0.25) is 11.8 Å². The summed E-state index contributed by atoms with van der Waals surface area (Å²) in [5, 5.41) is 12.4. The molecule has 2 heterocycles. The second-order valence-electron chi connectivity index (χ2n) is 10.9. The molecule has 5 rings (SSSR count). The van der Waals surface area contributed by atoms with Crippen LogP contribution in [-0.4, -0.2) is 58.2 Å². The van der Waals surface area contributed by atoms with E-state index in [2.05, 4.69) is 16.4 Å². The molecule has 214 valence electrons. The zero-order valence-corrected chi connectivity index (χ0v) is 22.5. The van der Waals surface area contributed by atoms with Crippen LogP contribution in [0, 0.1) is 40.6 Å². The molecule has 41 heavy (non-hydrogen) atoms. The SMILES string of the molecule is CN(C(=O)c1cc2c(F)cc(F)c(F)c2[nH]1)C(CC1CCCC1)C(=O)N1CC(C(=O)Nc2ccccc2)CC1C#N. The van der Waals surface area contributed by atoms with E-state index in [4.69, 9.17) is 0 Å². The van der Waals surface area contributed by atoms with E-state index in [1.165, 1.54) is 16.8 Å². The first-order valence-corrected chi connectivity index (χ1v) is 13.7. The van der Waals surface area contributed by atoms with E-state index in [1.807, 2.05) is 6.07 Å². The lowest BCUT2D eigenvalue weighted by atomic mass is 9.96. The number of H-pyrrole nitrogens is 1. The molecule has 1 aromatic heterocycles. The van der Waals surface area contributed by atoms with Crippen LogP contribution in [0.5, 0.6) is 0 Å². The molecule has 2 aliphatic rings. The smallest absolute Gasteiger partial charge is 0.270 e. The highest BCUT2D eigenvalue weighted by Gasteiger charge is 2.43. The summed E-state index contributed by atoms with van der Waals surface area (Å²) in [7, 11) is 1.43. The van der Waals surface area contributed by atoms with Crippen LogP contribution in [0.2, 0.25) is 0 Å². The summed E-state index contributed by atoms with van der Waals surface area (Å²) in [6.07, 6.45) is 4.27. The first kappa shape index (κ1) is 28.2. The highest BCUT2D eigenvalue weighted by atomic mass is 19.2. The molecule has 1 saturated heterocycles. The van der Waals surface area contributed by atoms with Gasteiger partial charge in [0.25, 0.3) is 5.91 Å². The molecule has 1 saturated carbocycles. The second-order valence-corrected chi connectivity index (χ2v) is 10.9. The van der Waals surface area contributed by atoms with Crippen molar-refractivity contribution in [2.45, 2.75) is 50.6 Å². The Hall–Kier alpha value is -4.33. The van der Waals surface area contributed by atoms with Crippen molar-refractivity contribution in [2.24, 2.45) is 11.8 Å². The number of likely N-dealkylation sites (tertiary alicyclic amines) is 1. The van der Waals surface area contributed by atoms with Crippen molar-refractivity contribution in [2.75, 3.05) is 18.9 Å². The Morgan fingerprint density at radius 3 is 2.51 bits per heavy atom. The standard InChI is InChI=1S/C30H30F3N5O3/c1-37(29(40)24-13-21-22(31)14-23(32)26(33)27(21)36-24)25(11-17-7-5-6-8-17)30(41)38-16-18(12-20(38)15-34)28(39)35-19-9-3-2-4-10-19/h2-4,9-10,13-14,17-18,20,25,36H,5-8,11-12,16H2,1H3,(H,35,39). The topological polar surface area (TPSA) is 109 Å². The number of aromatic nitrogens is 1. The van der Waals surface area contributed by atoms with Gasteiger partial charge in [-0.2, -0.15) is 5.26 Å². The van der Waals surface area contributed by atoms with Crippen LogP contribution >= 0.6 is 0 Å². The Labute approximate surface area is 235 Å². The van der Waals surface area contributed by atoms with Crippen LogP contribution in [-0.2, 0) is 9.59 Å². The maximum absolute atomic E-state index is 14.3. The third-order valence-electron chi connectivity index (χ3n) is 8.24. The van der Waals surface area contributed by atoms with E-state index < -0.39 is 52.8 Å². The molecule has 2 aromatic carbocycles. The fraction of sp³-hybridized carbons (Fsp3) is 0.400. The summed E-state index contributed by atoms with van der Waals surface area (Å²) in [6, 6.07) is 10.7. The van der Waals surface area contributed by atoms with Gasteiger partial charge in [0.15, 0.2) is 11.6 Å². The van der Waals surface area contributed by atoms with Crippen LogP contribution in [0.1, 0.15) is 49.0 Å². The monoisotopic (exact) mass is 565 g/mol. The van der Waals surface area contributed by atoms with Gasteiger partial charge in [-0.3, -0.25) is 14.4 Å². The third-order valence-corrected chi connectivity index (χ3v) is 8.24. The minimum atomic E-state index is -1.39. The van der Waals surface area contributed by atoms with Gasteiger partial charge in [-0.1, -0.05) is 43.9 Å². The largest absolute Gasteiger partial charge is 0.348 e. The second kappa shape index (κ2) is 11.6. The number of nitrogens with one attached hydrogen (secondary N) is 2. The van der Waals surface area contributed by atoms with Crippen molar-refractivity contribution in [1.82, 2.24) is 14.8 Å². The van der Waals surface area contributed by atoms with Gasteiger partial charge in [-0.15, -0.1) is 0 Å². The normalized spacial score (nSPS) is 19.7. The number of benzene rings is 2. The summed E-state index contributed by atoms with van der Waals surface area (Å²) < 4.78 is 42.4. The quantitative estimate of drug-likeness (QED) is 0.394. The predicted octanol–water partition coefficient (Wildman–Crippen LogP) is 4.99. The van der Waals surface area contributed by atoms with Gasteiger partial charge >= 0.3 is 0 Å². The molecule has 2 fully saturated rings. The maximum Gasteiger partial charge on any atom is 0.270 e. The minimum absolute atomic E-state index is 0.0149. The van der Waals surface area contributed by atoms with E-state index in [1.54, 1.807) is 24.3 Å². The number of anilines is 1. The van der Waals surface area contributed by atoms with Crippen molar-refractivity contribution >= 4 is 34.3 Å². The zero-order chi connectivity index (χ0) is 29.3. The molecule has 1 aliphatic heterocycles. The summed E-state index contributed by atoms with van der Waals surface area (Å²) in [6.45, 7) is 0.0149.